The van der Waals surface area contributed by atoms with Gasteiger partial charge in [0.1, 0.15) is 12.2 Å². The minimum absolute atomic E-state index is 0.0916. The zero-order chi connectivity index (χ0) is 18.7. The first kappa shape index (κ1) is 19.1. The van der Waals surface area contributed by atoms with Crippen LogP contribution in [-0.4, -0.2) is 76.8 Å². The molecule has 25 heavy (non-hydrogen) atoms. The summed E-state index contributed by atoms with van der Waals surface area (Å²) in [5.41, 5.74) is 0. The summed E-state index contributed by atoms with van der Waals surface area (Å²) >= 11 is 0. The quantitative estimate of drug-likeness (QED) is 0.471. The molecule has 0 bridgehead atoms. The fraction of sp³-hybridized carbons (Fsp3) is 0.714. The van der Waals surface area contributed by atoms with E-state index in [0.717, 1.165) is 7.11 Å². The second kappa shape index (κ2) is 7.76. The number of amides is 2. The zero-order valence-corrected chi connectivity index (χ0v) is 13.6. The number of aliphatic hydroxyl groups is 1. The summed E-state index contributed by atoms with van der Waals surface area (Å²) in [6.07, 6.45) is -7.89. The van der Waals surface area contributed by atoms with E-state index in [1.165, 1.54) is 0 Å². The lowest BCUT2D eigenvalue weighted by Crippen LogP contribution is -2.61. The fourth-order valence-electron chi connectivity index (χ4n) is 2.72. The first-order valence-corrected chi connectivity index (χ1v) is 7.63. The largest absolute Gasteiger partial charge is 0.534 e. The Kier molecular flexibility index (Phi) is 5.93. The topological polar surface area (TPSA) is 149 Å². The number of carboxylic acids is 1. The number of rotatable bonds is 5. The van der Waals surface area contributed by atoms with Crippen molar-refractivity contribution in [1.82, 2.24) is 5.06 Å². The van der Waals surface area contributed by atoms with Crippen LogP contribution in [0.25, 0.3) is 0 Å². The molecule has 0 radical (unpaired) electrons. The van der Waals surface area contributed by atoms with Gasteiger partial charge in [0, 0.05) is 20.0 Å². The molecule has 2 aliphatic rings. The summed E-state index contributed by atoms with van der Waals surface area (Å²) in [5.74, 6) is -2.76. The number of ether oxygens (including phenoxy) is 3. The molecule has 2 fully saturated rings. The summed E-state index contributed by atoms with van der Waals surface area (Å²) in [6, 6.07) is 0. The number of aliphatic hydroxyl groups excluding tert-OH is 1. The van der Waals surface area contributed by atoms with Gasteiger partial charge < -0.3 is 24.4 Å². The molecule has 0 aromatic rings. The molecule has 0 aromatic carbocycles. The molecule has 2 N–H and O–H groups in total. The maximum Gasteiger partial charge on any atom is 0.534 e. The number of hydroxylamine groups is 2. The number of carbonyl (C=O) groups is 4. The molecule has 2 heterocycles. The van der Waals surface area contributed by atoms with Crippen LogP contribution in [-0.2, 0) is 33.4 Å². The number of carbonyl (C=O) groups excluding carboxylic acids is 3. The van der Waals surface area contributed by atoms with Gasteiger partial charge in [-0.05, 0) is 6.42 Å². The second-order valence-electron chi connectivity index (χ2n) is 5.54. The van der Waals surface area contributed by atoms with Gasteiger partial charge >= 0.3 is 12.1 Å². The predicted octanol–water partition coefficient (Wildman–Crippen LogP) is -0.790. The molecule has 2 amide bonds. The van der Waals surface area contributed by atoms with Crippen molar-refractivity contribution in [3.05, 3.63) is 0 Å². The van der Waals surface area contributed by atoms with Crippen LogP contribution in [0.5, 0.6) is 0 Å². The Balaban J connectivity index is 2.12. The number of aliphatic carboxylic acids is 1. The van der Waals surface area contributed by atoms with Crippen LogP contribution in [0.1, 0.15) is 26.2 Å². The molecule has 0 saturated carbocycles. The Hall–Kier alpha value is -2.24. The third-order valence-corrected chi connectivity index (χ3v) is 3.98. The zero-order valence-electron chi connectivity index (χ0n) is 13.6. The third kappa shape index (κ3) is 3.89. The smallest absolute Gasteiger partial charge is 0.479 e. The molecule has 140 valence electrons. The molecule has 11 heteroatoms. The molecule has 11 nitrogen and oxygen atoms in total. The van der Waals surface area contributed by atoms with E-state index in [9.17, 15) is 29.4 Å². The molecule has 5 atom stereocenters. The van der Waals surface area contributed by atoms with Crippen LogP contribution < -0.4 is 0 Å². The minimum atomic E-state index is -1.48. The van der Waals surface area contributed by atoms with Crippen molar-refractivity contribution in [2.45, 2.75) is 56.7 Å². The highest BCUT2D eigenvalue weighted by molar-refractivity contribution is 6.01. The van der Waals surface area contributed by atoms with Gasteiger partial charge in [0.15, 0.2) is 12.2 Å². The van der Waals surface area contributed by atoms with Crippen molar-refractivity contribution >= 4 is 23.9 Å². The number of imide groups is 1. The fourth-order valence-corrected chi connectivity index (χ4v) is 2.72. The highest BCUT2D eigenvalue weighted by Gasteiger charge is 2.50. The van der Waals surface area contributed by atoms with Gasteiger partial charge in [-0.2, -0.15) is 0 Å². The first-order chi connectivity index (χ1) is 11.8. The van der Waals surface area contributed by atoms with Crippen LogP contribution in [0, 0.1) is 0 Å². The highest BCUT2D eigenvalue weighted by atomic mass is 16.8. The van der Waals surface area contributed by atoms with Crippen LogP contribution in [0.4, 0.5) is 4.79 Å². The van der Waals surface area contributed by atoms with E-state index >= 15 is 0 Å². The van der Waals surface area contributed by atoms with Crippen LogP contribution in [0.3, 0.4) is 0 Å². The first-order valence-electron chi connectivity index (χ1n) is 7.63. The van der Waals surface area contributed by atoms with E-state index in [0.29, 0.717) is 0 Å². The monoisotopic (exact) mass is 361 g/mol. The molecule has 5 unspecified atom stereocenters. The predicted molar refractivity (Wildman–Crippen MR) is 75.8 cm³/mol. The summed E-state index contributed by atoms with van der Waals surface area (Å²) in [4.78, 5) is 50.7. The summed E-state index contributed by atoms with van der Waals surface area (Å²) in [6.45, 7) is 1.65. The molecular weight excluding hydrogens is 342 g/mol. The molecule has 0 aliphatic carbocycles. The van der Waals surface area contributed by atoms with Crippen molar-refractivity contribution < 1.29 is 48.4 Å². The summed E-state index contributed by atoms with van der Waals surface area (Å²) in [7, 11) is 1.16. The van der Waals surface area contributed by atoms with E-state index in [1.54, 1.807) is 6.92 Å². The number of methoxy groups -OCH3 is 1. The SMILES string of the molecule is CCC1OC(C(=O)O)C(OC)C(OC(=O)ON2C(=O)CCC2=O)C1O. The third-order valence-electron chi connectivity index (χ3n) is 3.98. The van der Waals surface area contributed by atoms with Crippen LogP contribution in [0.2, 0.25) is 0 Å². The Labute approximate surface area is 142 Å². The lowest BCUT2D eigenvalue weighted by molar-refractivity contribution is -0.241. The van der Waals surface area contributed by atoms with E-state index in [4.69, 9.17) is 14.2 Å². The van der Waals surface area contributed by atoms with Gasteiger partial charge in [-0.25, -0.2) is 9.59 Å². The highest BCUT2D eigenvalue weighted by Crippen LogP contribution is 2.28. The average molecular weight is 361 g/mol. The summed E-state index contributed by atoms with van der Waals surface area (Å²) in [5, 5.41) is 19.8. The van der Waals surface area contributed by atoms with Crippen molar-refractivity contribution in [2.75, 3.05) is 7.11 Å². The Morgan fingerprint density at radius 3 is 2.32 bits per heavy atom. The second-order valence-corrected chi connectivity index (χ2v) is 5.54. The maximum absolute atomic E-state index is 11.9. The molecule has 2 aliphatic heterocycles. The average Bonchev–Trinajstić information content (AvgIpc) is 2.88. The van der Waals surface area contributed by atoms with E-state index < -0.39 is 54.5 Å². The molecular formula is C14H19NO10. The van der Waals surface area contributed by atoms with E-state index in [-0.39, 0.29) is 24.3 Å². The summed E-state index contributed by atoms with van der Waals surface area (Å²) < 4.78 is 15.2. The van der Waals surface area contributed by atoms with Crippen molar-refractivity contribution in [1.29, 1.82) is 0 Å². The van der Waals surface area contributed by atoms with Gasteiger partial charge in [0.05, 0.1) is 6.10 Å². The van der Waals surface area contributed by atoms with Gasteiger partial charge in [-0.1, -0.05) is 12.0 Å². The van der Waals surface area contributed by atoms with Gasteiger partial charge in [0.2, 0.25) is 0 Å². The van der Waals surface area contributed by atoms with Crippen molar-refractivity contribution in [3.63, 3.8) is 0 Å². The molecule has 2 saturated heterocycles. The normalized spacial score (nSPS) is 32.6. The van der Waals surface area contributed by atoms with E-state index in [1.807, 2.05) is 0 Å². The minimum Gasteiger partial charge on any atom is -0.479 e. The van der Waals surface area contributed by atoms with Gasteiger partial charge in [-0.3, -0.25) is 14.4 Å². The van der Waals surface area contributed by atoms with Crippen molar-refractivity contribution in [3.8, 4) is 0 Å². The van der Waals surface area contributed by atoms with Crippen molar-refractivity contribution in [2.24, 2.45) is 0 Å². The number of nitrogens with zero attached hydrogens (tertiary/aromatic N) is 1. The molecule has 2 rings (SSSR count). The lowest BCUT2D eigenvalue weighted by atomic mass is 9.93. The van der Waals surface area contributed by atoms with Crippen LogP contribution in [0.15, 0.2) is 0 Å². The lowest BCUT2D eigenvalue weighted by Gasteiger charge is -2.41. The Bertz CT molecular complexity index is 548. The number of hydrogen-bond acceptors (Lipinski definition) is 9. The molecule has 0 spiro atoms. The van der Waals surface area contributed by atoms with Gasteiger partial charge in [-0.15, -0.1) is 0 Å². The van der Waals surface area contributed by atoms with Crippen LogP contribution >= 0.6 is 0 Å². The standard InChI is InChI=1S/C14H19NO10/c1-3-6-9(18)10(11(22-2)12(23-6)13(19)20)24-14(21)25-15-7(16)4-5-8(15)17/h6,9-12,18H,3-5H2,1-2H3,(H,19,20). The Morgan fingerprint density at radius 2 is 1.84 bits per heavy atom. The number of hydrogen-bond donors (Lipinski definition) is 2. The van der Waals surface area contributed by atoms with E-state index in [2.05, 4.69) is 4.84 Å². The molecule has 0 aromatic heterocycles. The Morgan fingerprint density at radius 1 is 1.24 bits per heavy atom. The maximum atomic E-state index is 11.9. The van der Waals surface area contributed by atoms with Gasteiger partial charge in [0.25, 0.3) is 11.8 Å². The number of carboxylic acid groups (broad SMARTS) is 1.